The Bertz CT molecular complexity index is 1320. The number of ether oxygens (including phenoxy) is 1. The van der Waals surface area contributed by atoms with Gasteiger partial charge in [-0.2, -0.15) is 5.10 Å². The quantitative estimate of drug-likeness (QED) is 0.188. The van der Waals surface area contributed by atoms with E-state index in [0.717, 1.165) is 10.1 Å². The summed E-state index contributed by atoms with van der Waals surface area (Å²) in [4.78, 5) is 25.0. The van der Waals surface area contributed by atoms with Gasteiger partial charge in [-0.1, -0.05) is 54.1 Å². The Kier molecular flexibility index (Phi) is 5.97. The average molecular weight is 451 g/mol. The number of carbonyl (C=O) groups excluding carboxylic acids is 2. The molecule has 0 aliphatic heterocycles. The first-order chi connectivity index (χ1) is 15.0. The number of esters is 1. The van der Waals surface area contributed by atoms with Gasteiger partial charge in [0, 0.05) is 10.1 Å². The van der Waals surface area contributed by atoms with Gasteiger partial charge in [-0.3, -0.25) is 4.79 Å². The first-order valence-electron chi connectivity index (χ1n) is 9.13. The molecule has 0 atom stereocenters. The summed E-state index contributed by atoms with van der Waals surface area (Å²) in [6.45, 7) is 0. The number of phenols is 1. The second-order valence-corrected chi connectivity index (χ2v) is 7.85. The zero-order valence-corrected chi connectivity index (χ0v) is 17.5. The maximum atomic E-state index is 12.6. The SMILES string of the molecule is O=C(NN=Cc1cccc(OC(=O)c2sc3ccccc3c2Cl)c1)c1ccccc1O. The number of fused-ring (bicyclic) bond motifs is 1. The Hall–Kier alpha value is -3.68. The number of thiophene rings is 1. The highest BCUT2D eigenvalue weighted by Gasteiger charge is 2.19. The van der Waals surface area contributed by atoms with Crippen LogP contribution in [0.3, 0.4) is 0 Å². The molecule has 0 bridgehead atoms. The molecule has 8 heteroatoms. The highest BCUT2D eigenvalue weighted by Crippen LogP contribution is 2.35. The van der Waals surface area contributed by atoms with Crippen LogP contribution in [0, 0.1) is 0 Å². The fraction of sp³-hybridized carbons (Fsp3) is 0. The molecule has 0 aliphatic carbocycles. The molecule has 1 aromatic heterocycles. The number of para-hydroxylation sites is 1. The van der Waals surface area contributed by atoms with E-state index >= 15 is 0 Å². The van der Waals surface area contributed by atoms with Gasteiger partial charge in [0.05, 0.1) is 16.8 Å². The molecule has 3 aromatic carbocycles. The largest absolute Gasteiger partial charge is 0.507 e. The van der Waals surface area contributed by atoms with Crippen molar-refractivity contribution in [2.24, 2.45) is 5.10 Å². The van der Waals surface area contributed by atoms with Crippen molar-refractivity contribution in [1.29, 1.82) is 0 Å². The van der Waals surface area contributed by atoms with Crippen LogP contribution in [0.15, 0.2) is 77.9 Å². The number of rotatable bonds is 5. The monoisotopic (exact) mass is 450 g/mol. The lowest BCUT2D eigenvalue weighted by atomic mass is 10.2. The summed E-state index contributed by atoms with van der Waals surface area (Å²) in [6, 6.07) is 20.3. The van der Waals surface area contributed by atoms with Crippen molar-refractivity contribution in [3.05, 3.63) is 93.8 Å². The van der Waals surface area contributed by atoms with Crippen LogP contribution in [0.4, 0.5) is 0 Å². The minimum atomic E-state index is -0.548. The van der Waals surface area contributed by atoms with E-state index in [-0.39, 0.29) is 11.3 Å². The highest BCUT2D eigenvalue weighted by molar-refractivity contribution is 7.21. The topological polar surface area (TPSA) is 88.0 Å². The zero-order chi connectivity index (χ0) is 21.8. The Balaban J connectivity index is 1.45. The van der Waals surface area contributed by atoms with E-state index < -0.39 is 11.9 Å². The van der Waals surface area contributed by atoms with Crippen LogP contribution < -0.4 is 10.2 Å². The van der Waals surface area contributed by atoms with Crippen molar-refractivity contribution < 1.29 is 19.4 Å². The third-order valence-corrected chi connectivity index (χ3v) is 5.97. The molecular formula is C23H15ClN2O4S. The second kappa shape index (κ2) is 8.99. The molecule has 1 heterocycles. The second-order valence-electron chi connectivity index (χ2n) is 6.42. The van der Waals surface area contributed by atoms with Crippen LogP contribution in [0.2, 0.25) is 5.02 Å². The van der Waals surface area contributed by atoms with Crippen LogP contribution in [0.25, 0.3) is 10.1 Å². The number of halogens is 1. The number of benzene rings is 3. The van der Waals surface area contributed by atoms with E-state index in [1.165, 1.54) is 29.7 Å². The highest BCUT2D eigenvalue weighted by atomic mass is 35.5. The molecule has 4 rings (SSSR count). The minimum absolute atomic E-state index is 0.113. The van der Waals surface area contributed by atoms with Gasteiger partial charge in [0.1, 0.15) is 16.4 Å². The third-order valence-electron chi connectivity index (χ3n) is 4.32. The van der Waals surface area contributed by atoms with Gasteiger partial charge in [-0.05, 0) is 35.9 Å². The zero-order valence-electron chi connectivity index (χ0n) is 15.9. The van der Waals surface area contributed by atoms with Crippen molar-refractivity contribution >= 4 is 51.1 Å². The number of hydrogen-bond acceptors (Lipinski definition) is 6. The van der Waals surface area contributed by atoms with Gasteiger partial charge < -0.3 is 9.84 Å². The van der Waals surface area contributed by atoms with Gasteiger partial charge >= 0.3 is 5.97 Å². The molecule has 154 valence electrons. The van der Waals surface area contributed by atoms with Gasteiger partial charge in [0.25, 0.3) is 5.91 Å². The predicted octanol–water partition coefficient (Wildman–Crippen LogP) is 5.24. The molecule has 6 nitrogen and oxygen atoms in total. The number of nitrogens with zero attached hydrogens (tertiary/aromatic N) is 1. The standard InChI is InChI=1S/C23H15ClN2O4S/c24-20-17-9-2-4-11-19(17)31-21(20)23(29)30-15-7-5-6-14(12-15)13-25-26-22(28)16-8-1-3-10-18(16)27/h1-13,27H,(H,26,28). The predicted molar refractivity (Wildman–Crippen MR) is 121 cm³/mol. The van der Waals surface area contributed by atoms with Crippen molar-refractivity contribution in [3.8, 4) is 11.5 Å². The minimum Gasteiger partial charge on any atom is -0.507 e. The molecule has 0 aliphatic rings. The summed E-state index contributed by atoms with van der Waals surface area (Å²) in [7, 11) is 0. The Labute approximate surface area is 186 Å². The number of hydrazone groups is 1. The fourth-order valence-electron chi connectivity index (χ4n) is 2.85. The maximum absolute atomic E-state index is 12.6. The Morgan fingerprint density at radius 3 is 2.61 bits per heavy atom. The molecule has 0 fully saturated rings. The van der Waals surface area contributed by atoms with Gasteiger partial charge in [-0.15, -0.1) is 11.3 Å². The molecular weight excluding hydrogens is 436 g/mol. The van der Waals surface area contributed by atoms with Crippen LogP contribution in [0.1, 0.15) is 25.6 Å². The Morgan fingerprint density at radius 2 is 1.81 bits per heavy atom. The van der Waals surface area contributed by atoms with Crippen LogP contribution in [-0.2, 0) is 0 Å². The van der Waals surface area contributed by atoms with Crippen molar-refractivity contribution in [1.82, 2.24) is 5.43 Å². The lowest BCUT2D eigenvalue weighted by Crippen LogP contribution is -2.17. The maximum Gasteiger partial charge on any atom is 0.355 e. The summed E-state index contributed by atoms with van der Waals surface area (Å²) in [6.07, 6.45) is 1.40. The fourth-order valence-corrected chi connectivity index (χ4v) is 4.23. The van der Waals surface area contributed by atoms with E-state index in [9.17, 15) is 14.7 Å². The van der Waals surface area contributed by atoms with Crippen LogP contribution >= 0.6 is 22.9 Å². The molecule has 0 saturated heterocycles. The summed E-state index contributed by atoms with van der Waals surface area (Å²) < 4.78 is 6.37. The smallest absolute Gasteiger partial charge is 0.355 e. The van der Waals surface area contributed by atoms with E-state index in [0.29, 0.717) is 21.2 Å². The van der Waals surface area contributed by atoms with Crippen LogP contribution in [-0.4, -0.2) is 23.2 Å². The number of hydrogen-bond donors (Lipinski definition) is 2. The van der Waals surface area contributed by atoms with Gasteiger partial charge in [-0.25, -0.2) is 10.2 Å². The number of nitrogens with one attached hydrogen (secondary N) is 1. The summed E-state index contributed by atoms with van der Waals surface area (Å²) in [5.41, 5.74) is 3.06. The van der Waals surface area contributed by atoms with Crippen LogP contribution in [0.5, 0.6) is 11.5 Å². The number of carbonyl (C=O) groups is 2. The molecule has 0 radical (unpaired) electrons. The van der Waals surface area contributed by atoms with Crippen molar-refractivity contribution in [3.63, 3.8) is 0 Å². The van der Waals surface area contributed by atoms with Crippen molar-refractivity contribution in [2.45, 2.75) is 0 Å². The average Bonchev–Trinajstić information content (AvgIpc) is 3.11. The molecule has 0 unspecified atom stereocenters. The Morgan fingerprint density at radius 1 is 1.03 bits per heavy atom. The first-order valence-corrected chi connectivity index (χ1v) is 10.3. The van der Waals surface area contributed by atoms with E-state index in [4.69, 9.17) is 16.3 Å². The lowest BCUT2D eigenvalue weighted by molar-refractivity contribution is 0.0739. The molecule has 4 aromatic rings. The molecule has 31 heavy (non-hydrogen) atoms. The van der Waals surface area contributed by atoms with Crippen molar-refractivity contribution in [2.75, 3.05) is 0 Å². The lowest BCUT2D eigenvalue weighted by Gasteiger charge is -2.04. The normalized spacial score (nSPS) is 11.0. The number of phenolic OH excluding ortho intramolecular Hbond substituents is 1. The molecule has 2 N–H and O–H groups in total. The molecule has 0 spiro atoms. The third kappa shape index (κ3) is 4.58. The van der Waals surface area contributed by atoms with E-state index in [1.54, 1.807) is 36.4 Å². The van der Waals surface area contributed by atoms with Gasteiger partial charge in [0.2, 0.25) is 0 Å². The summed E-state index contributed by atoms with van der Waals surface area (Å²) in [5, 5.41) is 14.8. The summed E-state index contributed by atoms with van der Waals surface area (Å²) >= 11 is 7.61. The summed E-state index contributed by atoms with van der Waals surface area (Å²) in [5.74, 6) is -0.914. The van der Waals surface area contributed by atoms with Gasteiger partial charge in [0.15, 0.2) is 0 Å². The first kappa shape index (κ1) is 20.6. The number of amides is 1. The molecule has 0 saturated carbocycles. The molecule has 1 amide bonds. The van der Waals surface area contributed by atoms with E-state index in [2.05, 4.69) is 10.5 Å². The number of aromatic hydroxyl groups is 1. The van der Waals surface area contributed by atoms with E-state index in [1.807, 2.05) is 24.3 Å².